The van der Waals surface area contributed by atoms with Crippen LogP contribution in [-0.2, 0) is 14.6 Å². The Hall–Kier alpha value is -0.170. The Balaban J connectivity index is 1.72. The highest BCUT2D eigenvalue weighted by Crippen LogP contribution is 2.14. The van der Waals surface area contributed by atoms with Crippen LogP contribution in [0, 0.1) is 5.92 Å². The summed E-state index contributed by atoms with van der Waals surface area (Å²) in [6.45, 7) is 5.78. The third-order valence-electron chi connectivity index (χ3n) is 3.77. The van der Waals surface area contributed by atoms with E-state index in [0.29, 0.717) is 24.0 Å². The molecule has 0 radical (unpaired) electrons. The standard InChI is InChI=1S/C12H24N2O3S/c15-18(16,11-12-1-3-13-4-2-12)10-7-14-5-8-17-9-6-14/h12-13H,1-11H2. The van der Waals surface area contributed by atoms with Gasteiger partial charge >= 0.3 is 0 Å². The molecule has 18 heavy (non-hydrogen) atoms. The molecule has 6 heteroatoms. The van der Waals surface area contributed by atoms with E-state index in [1.54, 1.807) is 0 Å². The highest BCUT2D eigenvalue weighted by atomic mass is 32.2. The van der Waals surface area contributed by atoms with Crippen LogP contribution in [0.25, 0.3) is 0 Å². The van der Waals surface area contributed by atoms with Gasteiger partial charge in [0.15, 0.2) is 9.84 Å². The fourth-order valence-corrected chi connectivity index (χ4v) is 4.34. The first-order chi connectivity index (χ1) is 8.66. The van der Waals surface area contributed by atoms with E-state index >= 15 is 0 Å². The number of ether oxygens (including phenoxy) is 1. The van der Waals surface area contributed by atoms with Crippen LogP contribution in [0.15, 0.2) is 0 Å². The van der Waals surface area contributed by atoms with Crippen molar-refractivity contribution in [2.24, 2.45) is 5.92 Å². The molecule has 106 valence electrons. The Morgan fingerprint density at radius 3 is 2.50 bits per heavy atom. The summed E-state index contributed by atoms with van der Waals surface area (Å²) in [5.74, 6) is 1.04. The fraction of sp³-hybridized carbons (Fsp3) is 1.00. The molecule has 0 aromatic heterocycles. The molecule has 2 fully saturated rings. The van der Waals surface area contributed by atoms with Gasteiger partial charge in [0, 0.05) is 19.6 Å². The third-order valence-corrected chi connectivity index (χ3v) is 5.55. The van der Waals surface area contributed by atoms with E-state index in [0.717, 1.165) is 52.2 Å². The normalized spacial score (nSPS) is 24.2. The summed E-state index contributed by atoms with van der Waals surface area (Å²) in [6, 6.07) is 0. The number of hydrogen-bond donors (Lipinski definition) is 1. The van der Waals surface area contributed by atoms with E-state index in [4.69, 9.17) is 4.74 Å². The van der Waals surface area contributed by atoms with Crippen LogP contribution < -0.4 is 5.32 Å². The number of hydrogen-bond acceptors (Lipinski definition) is 5. The summed E-state index contributed by atoms with van der Waals surface area (Å²) in [6.07, 6.45) is 1.99. The minimum Gasteiger partial charge on any atom is -0.379 e. The molecule has 1 N–H and O–H groups in total. The summed E-state index contributed by atoms with van der Waals surface area (Å²) in [5.41, 5.74) is 0. The first-order valence-electron chi connectivity index (χ1n) is 6.87. The summed E-state index contributed by atoms with van der Waals surface area (Å²) in [4.78, 5) is 2.18. The topological polar surface area (TPSA) is 58.6 Å². The van der Waals surface area contributed by atoms with Gasteiger partial charge in [-0.15, -0.1) is 0 Å². The van der Waals surface area contributed by atoms with Crippen molar-refractivity contribution >= 4 is 9.84 Å². The van der Waals surface area contributed by atoms with Crippen LogP contribution in [0.3, 0.4) is 0 Å². The van der Waals surface area contributed by atoms with Gasteiger partial charge < -0.3 is 10.1 Å². The molecule has 2 aliphatic rings. The van der Waals surface area contributed by atoms with Crippen molar-refractivity contribution in [1.29, 1.82) is 0 Å². The van der Waals surface area contributed by atoms with Crippen molar-refractivity contribution in [1.82, 2.24) is 10.2 Å². The lowest BCUT2D eigenvalue weighted by Gasteiger charge is -2.27. The van der Waals surface area contributed by atoms with Crippen molar-refractivity contribution in [3.05, 3.63) is 0 Å². The zero-order valence-electron chi connectivity index (χ0n) is 10.9. The number of nitrogens with one attached hydrogen (secondary N) is 1. The number of morpholine rings is 1. The van der Waals surface area contributed by atoms with Crippen molar-refractivity contribution in [3.8, 4) is 0 Å². The Bertz CT molecular complexity index is 333. The molecule has 2 aliphatic heterocycles. The van der Waals surface area contributed by atoms with Crippen molar-refractivity contribution in [2.45, 2.75) is 12.8 Å². The summed E-state index contributed by atoms with van der Waals surface area (Å²) < 4.78 is 29.4. The highest BCUT2D eigenvalue weighted by molar-refractivity contribution is 7.91. The van der Waals surface area contributed by atoms with E-state index < -0.39 is 9.84 Å². The molecule has 0 atom stereocenters. The maximum atomic E-state index is 12.1. The molecule has 0 amide bonds. The first-order valence-corrected chi connectivity index (χ1v) is 8.69. The summed E-state index contributed by atoms with van der Waals surface area (Å²) in [5, 5.41) is 3.27. The molecule has 2 saturated heterocycles. The van der Waals surface area contributed by atoms with Crippen LogP contribution in [0.2, 0.25) is 0 Å². The first kappa shape index (κ1) is 14.2. The number of sulfone groups is 1. The molecule has 0 aliphatic carbocycles. The van der Waals surface area contributed by atoms with Gasteiger partial charge in [0.05, 0.1) is 24.7 Å². The molecule has 2 rings (SSSR count). The zero-order valence-corrected chi connectivity index (χ0v) is 11.8. The van der Waals surface area contributed by atoms with E-state index in [1.807, 2.05) is 0 Å². The lowest BCUT2D eigenvalue weighted by Crippen LogP contribution is -2.40. The molecule has 0 saturated carbocycles. The van der Waals surface area contributed by atoms with E-state index in [2.05, 4.69) is 10.2 Å². The van der Waals surface area contributed by atoms with Gasteiger partial charge in [0.1, 0.15) is 0 Å². The Labute approximate surface area is 110 Å². The maximum absolute atomic E-state index is 12.1. The molecule has 0 unspecified atom stereocenters. The van der Waals surface area contributed by atoms with E-state index in [-0.39, 0.29) is 0 Å². The molecular weight excluding hydrogens is 252 g/mol. The Kier molecular flexibility index (Phi) is 5.41. The monoisotopic (exact) mass is 276 g/mol. The van der Waals surface area contributed by atoms with Gasteiger partial charge in [-0.05, 0) is 31.8 Å². The number of piperidine rings is 1. The fourth-order valence-electron chi connectivity index (χ4n) is 2.58. The lowest BCUT2D eigenvalue weighted by molar-refractivity contribution is 0.0408. The van der Waals surface area contributed by atoms with Gasteiger partial charge in [-0.3, -0.25) is 4.90 Å². The minimum atomic E-state index is -2.89. The molecule has 0 aromatic carbocycles. The zero-order chi connectivity index (χ0) is 12.8. The molecule has 0 spiro atoms. The largest absolute Gasteiger partial charge is 0.379 e. The highest BCUT2D eigenvalue weighted by Gasteiger charge is 2.22. The van der Waals surface area contributed by atoms with E-state index in [9.17, 15) is 8.42 Å². The van der Waals surface area contributed by atoms with Crippen LogP contribution in [0.1, 0.15) is 12.8 Å². The molecule has 5 nitrogen and oxygen atoms in total. The number of nitrogens with zero attached hydrogens (tertiary/aromatic N) is 1. The second-order valence-corrected chi connectivity index (χ2v) is 7.49. The predicted octanol–water partition coefficient (Wildman–Crippen LogP) is -0.267. The van der Waals surface area contributed by atoms with Gasteiger partial charge in [-0.25, -0.2) is 8.42 Å². The Morgan fingerprint density at radius 1 is 1.17 bits per heavy atom. The molecule has 0 bridgehead atoms. The lowest BCUT2D eigenvalue weighted by atomic mass is 10.0. The van der Waals surface area contributed by atoms with Gasteiger partial charge in [-0.2, -0.15) is 0 Å². The van der Waals surface area contributed by atoms with Crippen molar-refractivity contribution < 1.29 is 13.2 Å². The smallest absolute Gasteiger partial charge is 0.151 e. The predicted molar refractivity (Wildman–Crippen MR) is 71.5 cm³/mol. The minimum absolute atomic E-state index is 0.303. The molecule has 2 heterocycles. The van der Waals surface area contributed by atoms with E-state index in [1.165, 1.54) is 0 Å². The van der Waals surface area contributed by atoms with Crippen LogP contribution >= 0.6 is 0 Å². The summed E-state index contributed by atoms with van der Waals surface area (Å²) >= 11 is 0. The van der Waals surface area contributed by atoms with Gasteiger partial charge in [0.2, 0.25) is 0 Å². The average Bonchev–Trinajstić information content (AvgIpc) is 2.38. The van der Waals surface area contributed by atoms with Crippen LogP contribution in [-0.4, -0.2) is 70.8 Å². The third kappa shape index (κ3) is 4.84. The molecular formula is C12H24N2O3S. The number of rotatable bonds is 5. The Morgan fingerprint density at radius 2 is 1.83 bits per heavy atom. The van der Waals surface area contributed by atoms with Crippen LogP contribution in [0.5, 0.6) is 0 Å². The summed E-state index contributed by atoms with van der Waals surface area (Å²) in [7, 11) is -2.89. The average molecular weight is 276 g/mol. The second-order valence-electron chi connectivity index (χ2n) is 5.26. The SMILES string of the molecule is O=S(=O)(CCN1CCOCC1)CC1CCNCC1. The maximum Gasteiger partial charge on any atom is 0.151 e. The second kappa shape index (κ2) is 6.84. The van der Waals surface area contributed by atoms with Gasteiger partial charge in [0.25, 0.3) is 0 Å². The van der Waals surface area contributed by atoms with Crippen molar-refractivity contribution in [2.75, 3.05) is 57.4 Å². The van der Waals surface area contributed by atoms with Crippen molar-refractivity contribution in [3.63, 3.8) is 0 Å². The quantitative estimate of drug-likeness (QED) is 0.749. The molecule has 0 aromatic rings. The van der Waals surface area contributed by atoms with Gasteiger partial charge in [-0.1, -0.05) is 0 Å². The van der Waals surface area contributed by atoms with Crippen LogP contribution in [0.4, 0.5) is 0 Å².